The first-order valence-electron chi connectivity index (χ1n) is 15.0. The zero-order valence-electron chi connectivity index (χ0n) is 25.2. The predicted molar refractivity (Wildman–Crippen MR) is 168 cm³/mol. The summed E-state index contributed by atoms with van der Waals surface area (Å²) in [6.07, 6.45) is 3.91. The molecule has 5 atom stereocenters. The number of carbonyl (C=O) groups excluding carboxylic acids is 3. The number of carboxylic acids is 1. The van der Waals surface area contributed by atoms with Gasteiger partial charge in [0.05, 0.1) is 6.04 Å². The number of benzene rings is 2. The number of hydrogen-bond donors (Lipinski definition) is 8. The lowest BCUT2D eigenvalue weighted by Gasteiger charge is -2.26. The van der Waals surface area contributed by atoms with Gasteiger partial charge in [0.25, 0.3) is 0 Å². The molecule has 10 N–H and O–H groups in total. The molecule has 0 saturated heterocycles. The summed E-state index contributed by atoms with van der Waals surface area (Å²) in [5.41, 5.74) is 13.9. The number of hydrogen-bond acceptors (Lipinski definition) is 7. The maximum absolute atomic E-state index is 13.7. The van der Waals surface area contributed by atoms with Gasteiger partial charge in [0.2, 0.25) is 17.7 Å². The van der Waals surface area contributed by atoms with E-state index in [0.717, 1.165) is 16.5 Å². The molecule has 3 amide bonds. The number of nitrogens with one attached hydrogen (secondary N) is 4. The summed E-state index contributed by atoms with van der Waals surface area (Å²) >= 11 is 0. The molecule has 3 rings (SSSR count). The second-order valence-corrected chi connectivity index (χ2v) is 11.2. The topological polar surface area (TPSA) is 213 Å². The van der Waals surface area contributed by atoms with Crippen LogP contribution in [0.4, 0.5) is 0 Å². The predicted octanol–water partition coefficient (Wildman–Crippen LogP) is 1.70. The number of unbranched alkanes of at least 4 members (excludes halogenated alkanes) is 1. The van der Waals surface area contributed by atoms with Crippen molar-refractivity contribution in [2.75, 3.05) is 6.54 Å². The van der Waals surface area contributed by atoms with Gasteiger partial charge in [-0.2, -0.15) is 0 Å². The largest absolute Gasteiger partial charge is 0.508 e. The van der Waals surface area contributed by atoms with Gasteiger partial charge in [-0.3, -0.25) is 14.4 Å². The summed E-state index contributed by atoms with van der Waals surface area (Å²) in [6, 6.07) is 9.24. The summed E-state index contributed by atoms with van der Waals surface area (Å²) in [5.74, 6) is -3.08. The summed E-state index contributed by atoms with van der Waals surface area (Å²) in [7, 11) is 0. The van der Waals surface area contributed by atoms with Gasteiger partial charge in [-0.1, -0.05) is 50.6 Å². The van der Waals surface area contributed by atoms with Crippen molar-refractivity contribution in [1.82, 2.24) is 20.9 Å². The van der Waals surface area contributed by atoms with Gasteiger partial charge in [0.1, 0.15) is 23.9 Å². The van der Waals surface area contributed by atoms with E-state index in [1.807, 2.05) is 38.1 Å². The van der Waals surface area contributed by atoms with Crippen molar-refractivity contribution in [3.05, 3.63) is 65.9 Å². The molecule has 0 fully saturated rings. The Morgan fingerprint density at radius 1 is 0.864 bits per heavy atom. The molecule has 0 spiro atoms. The third-order valence-corrected chi connectivity index (χ3v) is 7.86. The van der Waals surface area contributed by atoms with Gasteiger partial charge in [0.15, 0.2) is 0 Å². The summed E-state index contributed by atoms with van der Waals surface area (Å²) in [6.45, 7) is 4.19. The van der Waals surface area contributed by atoms with Crippen LogP contribution in [0.1, 0.15) is 50.7 Å². The number of phenolic OH excluding ortho intramolecular Hbond substituents is 1. The molecule has 0 aliphatic heterocycles. The van der Waals surface area contributed by atoms with Crippen molar-refractivity contribution in [1.29, 1.82) is 0 Å². The van der Waals surface area contributed by atoms with Gasteiger partial charge in [-0.15, -0.1) is 0 Å². The number of carboxylic acid groups (broad SMARTS) is 1. The average molecular weight is 609 g/mol. The van der Waals surface area contributed by atoms with Crippen LogP contribution in [0.25, 0.3) is 10.9 Å². The van der Waals surface area contributed by atoms with E-state index in [-0.39, 0.29) is 30.9 Å². The number of carbonyl (C=O) groups is 4. The molecule has 0 aliphatic carbocycles. The molecule has 0 bridgehead atoms. The standard InChI is InChI=1S/C32H44N6O6/c1-3-19(2)28(34)31(42)36-25(10-6-7-15-33)29(40)37-26(17-21-18-35-24-9-5-4-8-23(21)24)30(41)38-27(32(43)44)16-20-11-13-22(39)14-12-20/h4-5,8-9,11-14,18-19,25-28,35,39H,3,6-7,10,15-17,33-34H2,1-2H3,(H,36,42)(H,37,40)(H,38,41)(H,43,44). The number of nitrogens with two attached hydrogens (primary N) is 2. The second-order valence-electron chi connectivity index (χ2n) is 11.2. The summed E-state index contributed by atoms with van der Waals surface area (Å²) in [5, 5.41) is 28.4. The Morgan fingerprint density at radius 2 is 1.50 bits per heavy atom. The first kappa shape index (κ1) is 34.1. The normalized spacial score (nSPS) is 14.6. The van der Waals surface area contributed by atoms with Crippen molar-refractivity contribution in [3.63, 3.8) is 0 Å². The van der Waals surface area contributed by atoms with Crippen molar-refractivity contribution >= 4 is 34.6 Å². The van der Waals surface area contributed by atoms with E-state index < -0.39 is 47.9 Å². The first-order valence-corrected chi connectivity index (χ1v) is 15.0. The number of aromatic hydroxyl groups is 1. The molecule has 1 aromatic heterocycles. The number of rotatable bonds is 17. The lowest BCUT2D eigenvalue weighted by Crippen LogP contribution is -2.58. The summed E-state index contributed by atoms with van der Waals surface area (Å²) < 4.78 is 0. The van der Waals surface area contributed by atoms with Crippen LogP contribution in [-0.4, -0.2) is 69.6 Å². The minimum absolute atomic E-state index is 0.0318. The first-order chi connectivity index (χ1) is 21.0. The van der Waals surface area contributed by atoms with Gasteiger partial charge in [0, 0.05) is 29.9 Å². The van der Waals surface area contributed by atoms with Crippen LogP contribution in [0.2, 0.25) is 0 Å². The van der Waals surface area contributed by atoms with E-state index in [1.54, 1.807) is 18.3 Å². The third kappa shape index (κ3) is 9.55. The Balaban J connectivity index is 1.86. The highest BCUT2D eigenvalue weighted by molar-refractivity contribution is 5.95. The smallest absolute Gasteiger partial charge is 0.326 e. The Kier molecular flexibility index (Phi) is 12.7. The average Bonchev–Trinajstić information content (AvgIpc) is 3.42. The van der Waals surface area contributed by atoms with Crippen LogP contribution < -0.4 is 27.4 Å². The van der Waals surface area contributed by atoms with E-state index in [4.69, 9.17) is 11.5 Å². The Bertz CT molecular complexity index is 1410. The molecule has 0 aliphatic rings. The van der Waals surface area contributed by atoms with Gasteiger partial charge < -0.3 is 42.6 Å². The second kappa shape index (κ2) is 16.4. The Morgan fingerprint density at radius 3 is 2.16 bits per heavy atom. The van der Waals surface area contributed by atoms with Crippen LogP contribution in [0.3, 0.4) is 0 Å². The van der Waals surface area contributed by atoms with Crippen LogP contribution in [0.5, 0.6) is 5.75 Å². The maximum atomic E-state index is 13.7. The minimum atomic E-state index is -1.30. The van der Waals surface area contributed by atoms with E-state index >= 15 is 0 Å². The van der Waals surface area contributed by atoms with E-state index in [1.165, 1.54) is 12.1 Å². The SMILES string of the molecule is CCC(C)C(N)C(=O)NC(CCCCN)C(=O)NC(Cc1c[nH]c2ccccc12)C(=O)NC(Cc1ccc(O)cc1)C(=O)O. The van der Waals surface area contributed by atoms with Gasteiger partial charge in [-0.05, 0) is 61.1 Å². The molecule has 238 valence electrons. The molecular formula is C32H44N6O6. The Hall–Kier alpha value is -4.42. The van der Waals surface area contributed by atoms with Crippen LogP contribution in [-0.2, 0) is 32.0 Å². The molecule has 5 unspecified atom stereocenters. The zero-order valence-corrected chi connectivity index (χ0v) is 25.2. The maximum Gasteiger partial charge on any atom is 0.326 e. The molecule has 2 aromatic carbocycles. The number of H-pyrrole nitrogens is 1. The fourth-order valence-corrected chi connectivity index (χ4v) is 4.88. The van der Waals surface area contributed by atoms with E-state index in [2.05, 4.69) is 20.9 Å². The third-order valence-electron chi connectivity index (χ3n) is 7.86. The quantitative estimate of drug-likeness (QED) is 0.105. The highest BCUT2D eigenvalue weighted by atomic mass is 16.4. The number of aromatic nitrogens is 1. The molecular weight excluding hydrogens is 564 g/mol. The van der Waals surface area contributed by atoms with Crippen LogP contribution >= 0.6 is 0 Å². The van der Waals surface area contributed by atoms with Crippen molar-refractivity contribution in [2.24, 2.45) is 17.4 Å². The number of aromatic amines is 1. The monoisotopic (exact) mass is 608 g/mol. The summed E-state index contributed by atoms with van der Waals surface area (Å²) in [4.78, 5) is 55.5. The lowest BCUT2D eigenvalue weighted by molar-refractivity contribution is -0.142. The molecule has 0 radical (unpaired) electrons. The van der Waals surface area contributed by atoms with Gasteiger partial charge in [-0.25, -0.2) is 4.79 Å². The van der Waals surface area contributed by atoms with Crippen molar-refractivity contribution in [2.45, 2.75) is 76.5 Å². The number of aliphatic carboxylic acids is 1. The number of para-hydroxylation sites is 1. The Labute approximate surface area is 257 Å². The van der Waals surface area contributed by atoms with Crippen LogP contribution in [0.15, 0.2) is 54.7 Å². The fraction of sp³-hybridized carbons (Fsp3) is 0.438. The van der Waals surface area contributed by atoms with Crippen molar-refractivity contribution < 1.29 is 29.4 Å². The molecule has 12 nitrogen and oxygen atoms in total. The highest BCUT2D eigenvalue weighted by Gasteiger charge is 2.31. The number of amides is 3. The lowest BCUT2D eigenvalue weighted by atomic mass is 9.98. The van der Waals surface area contributed by atoms with Crippen molar-refractivity contribution in [3.8, 4) is 5.75 Å². The molecule has 1 heterocycles. The zero-order chi connectivity index (χ0) is 32.2. The fourth-order valence-electron chi connectivity index (χ4n) is 4.88. The highest BCUT2D eigenvalue weighted by Crippen LogP contribution is 2.20. The molecule has 12 heteroatoms. The van der Waals surface area contributed by atoms with E-state index in [0.29, 0.717) is 31.4 Å². The molecule has 0 saturated carbocycles. The number of fused-ring (bicyclic) bond motifs is 1. The number of phenols is 1. The molecule has 44 heavy (non-hydrogen) atoms. The van der Waals surface area contributed by atoms with Gasteiger partial charge >= 0.3 is 5.97 Å². The van der Waals surface area contributed by atoms with Crippen LogP contribution in [0, 0.1) is 5.92 Å². The molecule has 3 aromatic rings. The minimum Gasteiger partial charge on any atom is -0.508 e. The van der Waals surface area contributed by atoms with E-state index in [9.17, 15) is 29.4 Å².